The van der Waals surface area contributed by atoms with Gasteiger partial charge in [-0.1, -0.05) is 30.3 Å². The molecule has 98 valence electrons. The maximum absolute atomic E-state index is 5.92. The number of benzene rings is 2. The van der Waals surface area contributed by atoms with E-state index in [1.54, 1.807) is 0 Å². The van der Waals surface area contributed by atoms with Crippen molar-refractivity contribution in [2.75, 3.05) is 6.79 Å². The lowest BCUT2D eigenvalue weighted by molar-refractivity contribution is 0.174. The fourth-order valence-electron chi connectivity index (χ4n) is 2.30. The van der Waals surface area contributed by atoms with Crippen LogP contribution in [0, 0.1) is 0 Å². The highest BCUT2D eigenvalue weighted by molar-refractivity contribution is 5.67. The van der Waals surface area contributed by atoms with Gasteiger partial charge in [-0.3, -0.25) is 0 Å². The number of furan rings is 1. The molecule has 3 heteroatoms. The lowest BCUT2D eigenvalue weighted by Gasteiger charge is -2.00. The summed E-state index contributed by atoms with van der Waals surface area (Å²) in [6, 6.07) is 19.8. The lowest BCUT2D eigenvalue weighted by atomic mass is 10.1. The molecule has 0 saturated carbocycles. The summed E-state index contributed by atoms with van der Waals surface area (Å²) in [5.41, 5.74) is 2.05. The van der Waals surface area contributed by atoms with E-state index < -0.39 is 0 Å². The first-order valence-electron chi connectivity index (χ1n) is 6.45. The molecular formula is C17H12O3. The third-order valence-electron chi connectivity index (χ3n) is 3.32. The van der Waals surface area contributed by atoms with Crippen molar-refractivity contribution < 1.29 is 13.9 Å². The third kappa shape index (κ3) is 1.84. The predicted molar refractivity (Wildman–Crippen MR) is 75.7 cm³/mol. The minimum Gasteiger partial charge on any atom is -0.456 e. The van der Waals surface area contributed by atoms with Crippen molar-refractivity contribution in [1.82, 2.24) is 0 Å². The zero-order valence-corrected chi connectivity index (χ0v) is 10.7. The van der Waals surface area contributed by atoms with Crippen molar-refractivity contribution >= 4 is 0 Å². The number of rotatable bonds is 2. The average Bonchev–Trinajstić information content (AvgIpc) is 3.16. The van der Waals surface area contributed by atoms with Crippen molar-refractivity contribution in [2.24, 2.45) is 0 Å². The summed E-state index contributed by atoms with van der Waals surface area (Å²) in [6.45, 7) is 0.284. The van der Waals surface area contributed by atoms with Gasteiger partial charge in [0, 0.05) is 11.1 Å². The Morgan fingerprint density at radius 3 is 2.25 bits per heavy atom. The van der Waals surface area contributed by atoms with E-state index in [2.05, 4.69) is 0 Å². The summed E-state index contributed by atoms with van der Waals surface area (Å²) in [5.74, 6) is 3.23. The first kappa shape index (κ1) is 11.2. The molecule has 4 rings (SSSR count). The Morgan fingerprint density at radius 2 is 1.40 bits per heavy atom. The number of fused-ring (bicyclic) bond motifs is 1. The molecule has 2 aromatic carbocycles. The third-order valence-corrected chi connectivity index (χ3v) is 3.32. The van der Waals surface area contributed by atoms with Crippen molar-refractivity contribution in [3.8, 4) is 34.1 Å². The van der Waals surface area contributed by atoms with E-state index in [1.807, 2.05) is 60.7 Å². The highest BCUT2D eigenvalue weighted by Gasteiger charge is 2.15. The Labute approximate surface area is 116 Å². The molecule has 0 atom stereocenters. The van der Waals surface area contributed by atoms with Crippen LogP contribution in [0.4, 0.5) is 0 Å². The molecule has 1 aliphatic rings. The topological polar surface area (TPSA) is 31.6 Å². The van der Waals surface area contributed by atoms with Crippen LogP contribution in [0.2, 0.25) is 0 Å². The van der Waals surface area contributed by atoms with Crippen LogP contribution in [0.3, 0.4) is 0 Å². The fraction of sp³-hybridized carbons (Fsp3) is 0.0588. The van der Waals surface area contributed by atoms with Crippen LogP contribution in [0.15, 0.2) is 65.1 Å². The van der Waals surface area contributed by atoms with E-state index in [0.29, 0.717) is 0 Å². The van der Waals surface area contributed by atoms with Gasteiger partial charge < -0.3 is 13.9 Å². The molecule has 0 fully saturated rings. The summed E-state index contributed by atoms with van der Waals surface area (Å²) < 4.78 is 16.6. The number of ether oxygens (including phenoxy) is 2. The van der Waals surface area contributed by atoms with Gasteiger partial charge in [0.05, 0.1) is 0 Å². The van der Waals surface area contributed by atoms with Gasteiger partial charge in [-0.05, 0) is 30.3 Å². The van der Waals surface area contributed by atoms with Crippen molar-refractivity contribution in [2.45, 2.75) is 0 Å². The summed E-state index contributed by atoms with van der Waals surface area (Å²) in [5, 5.41) is 0. The zero-order valence-electron chi connectivity index (χ0n) is 10.7. The Kier molecular flexibility index (Phi) is 2.49. The second-order valence-corrected chi connectivity index (χ2v) is 4.60. The van der Waals surface area contributed by atoms with Crippen LogP contribution in [0.5, 0.6) is 11.5 Å². The predicted octanol–water partition coefficient (Wildman–Crippen LogP) is 4.34. The summed E-state index contributed by atoms with van der Waals surface area (Å²) in [7, 11) is 0. The molecule has 0 unspecified atom stereocenters. The lowest BCUT2D eigenvalue weighted by Crippen LogP contribution is -1.92. The standard InChI is InChI=1S/C17H12O3/c1-2-4-12(5-3-1)14-8-9-15(20-14)13-6-7-16-17(10-13)19-11-18-16/h1-10H,11H2. The quantitative estimate of drug-likeness (QED) is 0.690. The largest absolute Gasteiger partial charge is 0.456 e. The van der Waals surface area contributed by atoms with Gasteiger partial charge in [-0.2, -0.15) is 0 Å². The molecule has 2 heterocycles. The minimum atomic E-state index is 0.284. The molecule has 0 aliphatic carbocycles. The van der Waals surface area contributed by atoms with Crippen LogP contribution < -0.4 is 9.47 Å². The molecule has 0 bridgehead atoms. The number of hydrogen-bond donors (Lipinski definition) is 0. The van der Waals surface area contributed by atoms with E-state index in [9.17, 15) is 0 Å². The normalized spacial score (nSPS) is 12.6. The number of hydrogen-bond acceptors (Lipinski definition) is 3. The summed E-state index contributed by atoms with van der Waals surface area (Å²) in [4.78, 5) is 0. The van der Waals surface area contributed by atoms with Crippen LogP contribution in [0.1, 0.15) is 0 Å². The second kappa shape index (κ2) is 4.46. The van der Waals surface area contributed by atoms with Crippen LogP contribution in [-0.4, -0.2) is 6.79 Å². The first-order valence-corrected chi connectivity index (χ1v) is 6.45. The Morgan fingerprint density at radius 1 is 0.650 bits per heavy atom. The SMILES string of the molecule is c1ccc(-c2ccc(-c3ccc4c(c3)OCO4)o2)cc1. The van der Waals surface area contributed by atoms with Crippen LogP contribution in [0.25, 0.3) is 22.6 Å². The molecule has 3 aromatic rings. The van der Waals surface area contributed by atoms with Gasteiger partial charge in [0.2, 0.25) is 6.79 Å². The van der Waals surface area contributed by atoms with E-state index in [4.69, 9.17) is 13.9 Å². The van der Waals surface area contributed by atoms with Crippen molar-refractivity contribution in [3.05, 3.63) is 60.7 Å². The molecular weight excluding hydrogens is 252 g/mol. The van der Waals surface area contributed by atoms with Gasteiger partial charge >= 0.3 is 0 Å². The first-order chi connectivity index (χ1) is 9.90. The summed E-state index contributed by atoms with van der Waals surface area (Å²) >= 11 is 0. The molecule has 0 saturated heterocycles. The van der Waals surface area contributed by atoms with Crippen LogP contribution in [-0.2, 0) is 0 Å². The Hall–Kier alpha value is -2.68. The molecule has 3 nitrogen and oxygen atoms in total. The Balaban J connectivity index is 1.72. The van der Waals surface area contributed by atoms with E-state index >= 15 is 0 Å². The molecule has 20 heavy (non-hydrogen) atoms. The van der Waals surface area contributed by atoms with Gasteiger partial charge in [0.25, 0.3) is 0 Å². The maximum Gasteiger partial charge on any atom is 0.231 e. The van der Waals surface area contributed by atoms with Crippen molar-refractivity contribution in [3.63, 3.8) is 0 Å². The van der Waals surface area contributed by atoms with E-state index in [0.717, 1.165) is 34.1 Å². The molecule has 0 radical (unpaired) electrons. The van der Waals surface area contributed by atoms with Crippen LogP contribution >= 0.6 is 0 Å². The fourth-order valence-corrected chi connectivity index (χ4v) is 2.30. The average molecular weight is 264 g/mol. The highest BCUT2D eigenvalue weighted by Crippen LogP contribution is 2.37. The zero-order chi connectivity index (χ0) is 13.4. The van der Waals surface area contributed by atoms with Gasteiger partial charge in [-0.15, -0.1) is 0 Å². The molecule has 1 aliphatic heterocycles. The van der Waals surface area contributed by atoms with Gasteiger partial charge in [0.1, 0.15) is 11.5 Å². The monoisotopic (exact) mass is 264 g/mol. The van der Waals surface area contributed by atoms with E-state index in [1.165, 1.54) is 0 Å². The summed E-state index contributed by atoms with van der Waals surface area (Å²) in [6.07, 6.45) is 0. The molecule has 0 N–H and O–H groups in total. The second-order valence-electron chi connectivity index (χ2n) is 4.60. The van der Waals surface area contributed by atoms with Gasteiger partial charge in [0.15, 0.2) is 11.5 Å². The smallest absolute Gasteiger partial charge is 0.231 e. The minimum absolute atomic E-state index is 0.284. The van der Waals surface area contributed by atoms with Crippen molar-refractivity contribution in [1.29, 1.82) is 0 Å². The molecule has 0 spiro atoms. The highest BCUT2D eigenvalue weighted by atomic mass is 16.7. The maximum atomic E-state index is 5.92. The molecule has 0 amide bonds. The van der Waals surface area contributed by atoms with E-state index in [-0.39, 0.29) is 6.79 Å². The molecule has 1 aromatic heterocycles. The Bertz CT molecular complexity index is 744. The van der Waals surface area contributed by atoms with Gasteiger partial charge in [-0.25, -0.2) is 0 Å².